The first-order chi connectivity index (χ1) is 9.22. The first kappa shape index (κ1) is 23.4. The van der Waals surface area contributed by atoms with Crippen LogP contribution in [-0.4, -0.2) is 13.7 Å². The summed E-state index contributed by atoms with van der Waals surface area (Å²) in [4.78, 5) is 0. The van der Waals surface area contributed by atoms with Gasteiger partial charge in [-0.3, -0.25) is 0 Å². The molecule has 2 nitrogen and oxygen atoms in total. The van der Waals surface area contributed by atoms with Gasteiger partial charge in [-0.2, -0.15) is 0 Å². The maximum atomic E-state index is 4.87. The normalized spacial score (nSPS) is 8.53. The van der Waals surface area contributed by atoms with Gasteiger partial charge in [0.15, 0.2) is 5.88 Å². The Hall–Kier alpha value is -0.660. The van der Waals surface area contributed by atoms with Crippen molar-refractivity contribution in [3.05, 3.63) is 12.5 Å². The molecular weight excluding hydrogens is 234 g/mol. The SMILES string of the molecule is C=C(NCCCCCCC)OC.CC.CCCCC. The predicted octanol–water partition coefficient (Wildman–Crippen LogP) is 5.89. The van der Waals surface area contributed by atoms with Crippen molar-refractivity contribution in [1.82, 2.24) is 5.32 Å². The van der Waals surface area contributed by atoms with E-state index in [4.69, 9.17) is 4.74 Å². The zero-order valence-electron chi connectivity index (χ0n) is 14.5. The lowest BCUT2D eigenvalue weighted by atomic mass is 10.1. The Morgan fingerprint density at radius 2 is 1.32 bits per heavy atom. The summed E-state index contributed by atoms with van der Waals surface area (Å²) in [6.45, 7) is 15.3. The fraction of sp³-hybridized carbons (Fsp3) is 0.882. The lowest BCUT2D eigenvalue weighted by molar-refractivity contribution is 0.263. The average molecular weight is 274 g/mol. The molecular formula is C17H39NO. The van der Waals surface area contributed by atoms with E-state index < -0.39 is 0 Å². The van der Waals surface area contributed by atoms with Crippen LogP contribution < -0.4 is 5.32 Å². The molecule has 0 bridgehead atoms. The number of methoxy groups -OCH3 is 1. The predicted molar refractivity (Wildman–Crippen MR) is 89.5 cm³/mol. The first-order valence-electron chi connectivity index (χ1n) is 8.19. The highest BCUT2D eigenvalue weighted by molar-refractivity contribution is 4.76. The molecule has 0 aromatic rings. The summed E-state index contributed by atoms with van der Waals surface area (Å²) < 4.78 is 4.87. The lowest BCUT2D eigenvalue weighted by Gasteiger charge is -2.06. The number of ether oxygens (including phenoxy) is 1. The van der Waals surface area contributed by atoms with E-state index in [-0.39, 0.29) is 0 Å². The number of hydrogen-bond acceptors (Lipinski definition) is 2. The molecule has 1 N–H and O–H groups in total. The minimum Gasteiger partial charge on any atom is -0.483 e. The molecule has 0 aromatic carbocycles. The zero-order valence-corrected chi connectivity index (χ0v) is 14.5. The van der Waals surface area contributed by atoms with Crippen molar-refractivity contribution in [3.63, 3.8) is 0 Å². The molecule has 0 aromatic heterocycles. The van der Waals surface area contributed by atoms with E-state index in [1.165, 1.54) is 51.4 Å². The molecule has 0 spiro atoms. The molecule has 0 aliphatic heterocycles. The summed E-state index contributed by atoms with van der Waals surface area (Å²) in [5.74, 6) is 0.672. The third kappa shape index (κ3) is 31.7. The van der Waals surface area contributed by atoms with E-state index in [0.717, 1.165) is 6.54 Å². The molecule has 0 rings (SSSR count). The van der Waals surface area contributed by atoms with Gasteiger partial charge in [0, 0.05) is 6.54 Å². The van der Waals surface area contributed by atoms with Crippen LogP contribution in [0.4, 0.5) is 0 Å². The average Bonchev–Trinajstić information content (AvgIpc) is 2.46. The maximum Gasteiger partial charge on any atom is 0.178 e. The van der Waals surface area contributed by atoms with E-state index >= 15 is 0 Å². The van der Waals surface area contributed by atoms with Crippen molar-refractivity contribution in [1.29, 1.82) is 0 Å². The summed E-state index contributed by atoms with van der Waals surface area (Å²) in [7, 11) is 1.63. The highest BCUT2D eigenvalue weighted by atomic mass is 16.5. The minimum atomic E-state index is 0.672. The van der Waals surface area contributed by atoms with Crippen molar-refractivity contribution in [2.24, 2.45) is 0 Å². The minimum absolute atomic E-state index is 0.672. The summed E-state index contributed by atoms with van der Waals surface area (Å²) in [6.07, 6.45) is 10.6. The number of rotatable bonds is 10. The third-order valence-electron chi connectivity index (χ3n) is 2.56. The molecule has 2 heteroatoms. The van der Waals surface area contributed by atoms with Crippen molar-refractivity contribution in [2.75, 3.05) is 13.7 Å². The van der Waals surface area contributed by atoms with Crippen LogP contribution in [0.5, 0.6) is 0 Å². The number of unbranched alkanes of at least 4 members (excludes halogenated alkanes) is 6. The fourth-order valence-electron chi connectivity index (χ4n) is 1.38. The van der Waals surface area contributed by atoms with Gasteiger partial charge in [-0.1, -0.05) is 79.6 Å². The van der Waals surface area contributed by atoms with Gasteiger partial charge in [-0.05, 0) is 13.0 Å². The Morgan fingerprint density at radius 3 is 1.68 bits per heavy atom. The monoisotopic (exact) mass is 273 g/mol. The van der Waals surface area contributed by atoms with Crippen molar-refractivity contribution in [3.8, 4) is 0 Å². The van der Waals surface area contributed by atoms with Crippen LogP contribution in [0, 0.1) is 0 Å². The molecule has 0 amide bonds. The summed E-state index contributed by atoms with van der Waals surface area (Å²) in [5.41, 5.74) is 0. The molecule has 0 heterocycles. The molecule has 118 valence electrons. The van der Waals surface area contributed by atoms with Gasteiger partial charge in [0.05, 0.1) is 7.11 Å². The quantitative estimate of drug-likeness (QED) is 0.396. The molecule has 0 saturated carbocycles. The molecule has 0 saturated heterocycles. The summed E-state index contributed by atoms with van der Waals surface area (Å²) in [5, 5.41) is 3.09. The molecule has 0 unspecified atom stereocenters. The lowest BCUT2D eigenvalue weighted by Crippen LogP contribution is -2.14. The van der Waals surface area contributed by atoms with Crippen LogP contribution in [0.1, 0.15) is 86.0 Å². The Morgan fingerprint density at radius 1 is 0.842 bits per heavy atom. The number of nitrogens with one attached hydrogen (secondary N) is 1. The van der Waals surface area contributed by atoms with Crippen molar-refractivity contribution < 1.29 is 4.74 Å². The van der Waals surface area contributed by atoms with Crippen LogP contribution in [0.15, 0.2) is 12.5 Å². The van der Waals surface area contributed by atoms with Crippen LogP contribution >= 0.6 is 0 Å². The maximum absolute atomic E-state index is 4.87. The van der Waals surface area contributed by atoms with E-state index in [0.29, 0.717) is 5.88 Å². The summed E-state index contributed by atoms with van der Waals surface area (Å²) >= 11 is 0. The van der Waals surface area contributed by atoms with Gasteiger partial charge in [0.2, 0.25) is 0 Å². The van der Waals surface area contributed by atoms with Crippen LogP contribution in [-0.2, 0) is 4.74 Å². The number of hydrogen-bond donors (Lipinski definition) is 1. The van der Waals surface area contributed by atoms with Gasteiger partial charge >= 0.3 is 0 Å². The van der Waals surface area contributed by atoms with Gasteiger partial charge in [-0.25, -0.2) is 0 Å². The smallest absolute Gasteiger partial charge is 0.178 e. The molecule has 0 aliphatic carbocycles. The molecule has 0 atom stereocenters. The molecule has 19 heavy (non-hydrogen) atoms. The first-order valence-corrected chi connectivity index (χ1v) is 8.19. The zero-order chi connectivity index (χ0) is 15.4. The Bertz CT molecular complexity index is 144. The van der Waals surface area contributed by atoms with Gasteiger partial charge in [0.1, 0.15) is 0 Å². The Labute approximate surface area is 123 Å². The van der Waals surface area contributed by atoms with Crippen LogP contribution in [0.2, 0.25) is 0 Å². The van der Waals surface area contributed by atoms with E-state index in [9.17, 15) is 0 Å². The Balaban J connectivity index is -0.000000307. The standard InChI is InChI=1S/C10H21NO.C5H12.C2H6/c1-4-5-6-7-8-9-11-10(2)12-3;1-3-5-4-2;1-2/h11H,2,4-9H2,1,3H3;3-5H2,1-2H3;1-2H3. The fourth-order valence-corrected chi connectivity index (χ4v) is 1.38. The second kappa shape index (κ2) is 26.0. The van der Waals surface area contributed by atoms with Gasteiger partial charge in [-0.15, -0.1) is 0 Å². The van der Waals surface area contributed by atoms with Gasteiger partial charge in [0.25, 0.3) is 0 Å². The highest BCUT2D eigenvalue weighted by Crippen LogP contribution is 2.01. The topological polar surface area (TPSA) is 21.3 Å². The molecule has 0 aliphatic rings. The Kier molecular flexibility index (Phi) is 32.1. The molecule has 0 radical (unpaired) electrons. The largest absolute Gasteiger partial charge is 0.483 e. The van der Waals surface area contributed by atoms with E-state index in [2.05, 4.69) is 32.7 Å². The van der Waals surface area contributed by atoms with Crippen LogP contribution in [0.25, 0.3) is 0 Å². The van der Waals surface area contributed by atoms with E-state index in [1.807, 2.05) is 13.8 Å². The third-order valence-corrected chi connectivity index (χ3v) is 2.56. The van der Waals surface area contributed by atoms with Crippen molar-refractivity contribution in [2.45, 2.75) is 86.0 Å². The second-order valence-corrected chi connectivity index (χ2v) is 4.32. The van der Waals surface area contributed by atoms with Crippen molar-refractivity contribution >= 4 is 0 Å². The van der Waals surface area contributed by atoms with Gasteiger partial charge < -0.3 is 10.1 Å². The van der Waals surface area contributed by atoms with E-state index in [1.54, 1.807) is 7.11 Å². The second-order valence-electron chi connectivity index (χ2n) is 4.32. The molecule has 0 fully saturated rings. The summed E-state index contributed by atoms with van der Waals surface area (Å²) in [6, 6.07) is 0. The van der Waals surface area contributed by atoms with Crippen LogP contribution in [0.3, 0.4) is 0 Å². The highest BCUT2D eigenvalue weighted by Gasteiger charge is 1.90.